The van der Waals surface area contributed by atoms with Crippen molar-refractivity contribution in [3.8, 4) is 28.4 Å². The van der Waals surface area contributed by atoms with E-state index in [9.17, 15) is 5.11 Å². The maximum atomic E-state index is 9.42. The molecular formula is C17H17N3O2. The minimum atomic E-state index is 0.232. The maximum Gasteiger partial charge on any atom is 0.124 e. The highest BCUT2D eigenvalue weighted by atomic mass is 16.5. The van der Waals surface area contributed by atoms with Crippen molar-refractivity contribution in [3.63, 3.8) is 0 Å². The lowest BCUT2D eigenvalue weighted by atomic mass is 10.1. The summed E-state index contributed by atoms with van der Waals surface area (Å²) in [4.78, 5) is 0. The second-order valence-electron chi connectivity index (χ2n) is 5.17. The summed E-state index contributed by atoms with van der Waals surface area (Å²) in [6.07, 6.45) is 1.70. The number of hydrogen-bond donors (Lipinski definition) is 1. The number of ether oxygens (including phenoxy) is 1. The molecule has 0 fully saturated rings. The van der Waals surface area contributed by atoms with E-state index in [1.807, 2.05) is 32.0 Å². The van der Waals surface area contributed by atoms with Gasteiger partial charge >= 0.3 is 0 Å². The van der Waals surface area contributed by atoms with E-state index in [0.29, 0.717) is 0 Å². The SMILES string of the molecule is COc1cc(-n2nncc2-c2ccc(O)cc2)cc(C)c1C. The van der Waals surface area contributed by atoms with Crippen molar-refractivity contribution < 1.29 is 9.84 Å². The molecule has 5 heteroatoms. The Morgan fingerprint density at radius 2 is 1.82 bits per heavy atom. The summed E-state index contributed by atoms with van der Waals surface area (Å²) in [5.74, 6) is 1.05. The van der Waals surface area contributed by atoms with Crippen LogP contribution in [0.4, 0.5) is 0 Å². The first-order chi connectivity index (χ1) is 10.6. The lowest BCUT2D eigenvalue weighted by Crippen LogP contribution is -2.02. The van der Waals surface area contributed by atoms with Gasteiger partial charge in [-0.15, -0.1) is 5.10 Å². The molecular weight excluding hydrogens is 278 g/mol. The van der Waals surface area contributed by atoms with Crippen LogP contribution in [0, 0.1) is 13.8 Å². The zero-order valence-electron chi connectivity index (χ0n) is 12.7. The third-order valence-electron chi connectivity index (χ3n) is 3.78. The van der Waals surface area contributed by atoms with Gasteiger partial charge in [-0.25, -0.2) is 4.68 Å². The van der Waals surface area contributed by atoms with Crippen LogP contribution < -0.4 is 4.74 Å². The van der Waals surface area contributed by atoms with Gasteiger partial charge in [0, 0.05) is 11.6 Å². The number of aryl methyl sites for hydroxylation is 1. The minimum absolute atomic E-state index is 0.232. The van der Waals surface area contributed by atoms with Gasteiger partial charge in [-0.05, 0) is 55.3 Å². The zero-order chi connectivity index (χ0) is 15.7. The first-order valence-electron chi connectivity index (χ1n) is 6.96. The quantitative estimate of drug-likeness (QED) is 0.805. The van der Waals surface area contributed by atoms with Crippen LogP contribution in [0.25, 0.3) is 16.9 Å². The molecule has 0 aliphatic carbocycles. The number of aromatic hydroxyl groups is 1. The number of phenols is 1. The van der Waals surface area contributed by atoms with Crippen LogP contribution in [0.2, 0.25) is 0 Å². The monoisotopic (exact) mass is 295 g/mol. The van der Waals surface area contributed by atoms with Crippen LogP contribution in [0.3, 0.4) is 0 Å². The molecule has 112 valence electrons. The van der Waals surface area contributed by atoms with Crippen LogP contribution in [0.5, 0.6) is 11.5 Å². The summed E-state index contributed by atoms with van der Waals surface area (Å²) >= 11 is 0. The number of aromatic nitrogens is 3. The fraction of sp³-hybridized carbons (Fsp3) is 0.176. The van der Waals surface area contributed by atoms with E-state index in [4.69, 9.17) is 4.74 Å². The van der Waals surface area contributed by atoms with Crippen molar-refractivity contribution in [1.29, 1.82) is 0 Å². The standard InChI is InChI=1S/C17H17N3O2/c1-11-8-14(9-17(22-3)12(11)2)20-16(10-18-19-20)13-4-6-15(21)7-5-13/h4-10,21H,1-3H3. The predicted octanol–water partition coefficient (Wildman–Crippen LogP) is 3.27. The Morgan fingerprint density at radius 3 is 2.50 bits per heavy atom. The highest BCUT2D eigenvalue weighted by molar-refractivity contribution is 5.62. The summed E-state index contributed by atoms with van der Waals surface area (Å²) < 4.78 is 7.20. The molecule has 1 N–H and O–H groups in total. The van der Waals surface area contributed by atoms with Crippen molar-refractivity contribution in [3.05, 3.63) is 53.7 Å². The number of rotatable bonds is 3. The second kappa shape index (κ2) is 5.52. The second-order valence-corrected chi connectivity index (χ2v) is 5.17. The van der Waals surface area contributed by atoms with Gasteiger partial charge in [0.1, 0.15) is 11.5 Å². The molecule has 5 nitrogen and oxygen atoms in total. The lowest BCUT2D eigenvalue weighted by molar-refractivity contribution is 0.411. The van der Waals surface area contributed by atoms with Gasteiger partial charge in [0.25, 0.3) is 0 Å². The normalized spacial score (nSPS) is 10.7. The largest absolute Gasteiger partial charge is 0.508 e. The third-order valence-corrected chi connectivity index (χ3v) is 3.78. The number of phenolic OH excluding ortho intramolecular Hbond substituents is 1. The van der Waals surface area contributed by atoms with Crippen LogP contribution >= 0.6 is 0 Å². The highest BCUT2D eigenvalue weighted by Crippen LogP contribution is 2.28. The van der Waals surface area contributed by atoms with Crippen LogP contribution in [0.15, 0.2) is 42.6 Å². The molecule has 0 aliphatic rings. The van der Waals surface area contributed by atoms with E-state index in [0.717, 1.165) is 33.8 Å². The van der Waals surface area contributed by atoms with Gasteiger partial charge < -0.3 is 9.84 Å². The highest BCUT2D eigenvalue weighted by Gasteiger charge is 2.12. The van der Waals surface area contributed by atoms with Gasteiger partial charge in [-0.1, -0.05) is 5.21 Å². The first-order valence-corrected chi connectivity index (χ1v) is 6.96. The molecule has 0 atom stereocenters. The molecule has 0 spiro atoms. The molecule has 0 bridgehead atoms. The van der Waals surface area contributed by atoms with Gasteiger partial charge in [-0.3, -0.25) is 0 Å². The van der Waals surface area contributed by atoms with Gasteiger partial charge in [0.15, 0.2) is 0 Å². The molecule has 0 saturated carbocycles. The number of nitrogens with zero attached hydrogens (tertiary/aromatic N) is 3. The van der Waals surface area contributed by atoms with Gasteiger partial charge in [0.2, 0.25) is 0 Å². The Bertz CT molecular complexity index is 807. The average molecular weight is 295 g/mol. The molecule has 0 unspecified atom stereocenters. The number of methoxy groups -OCH3 is 1. The third kappa shape index (κ3) is 2.41. The van der Waals surface area contributed by atoms with Crippen molar-refractivity contribution >= 4 is 0 Å². The van der Waals surface area contributed by atoms with E-state index in [1.54, 1.807) is 30.1 Å². The maximum absolute atomic E-state index is 9.42. The smallest absolute Gasteiger partial charge is 0.124 e. The van der Waals surface area contributed by atoms with E-state index in [-0.39, 0.29) is 5.75 Å². The molecule has 0 saturated heterocycles. The Kier molecular flexibility index (Phi) is 3.55. The molecule has 3 aromatic rings. The first kappa shape index (κ1) is 14.1. The average Bonchev–Trinajstić information content (AvgIpc) is 3.00. The van der Waals surface area contributed by atoms with E-state index >= 15 is 0 Å². The Balaban J connectivity index is 2.13. The Labute approximate surface area is 128 Å². The molecule has 1 aromatic heterocycles. The summed E-state index contributed by atoms with van der Waals surface area (Å²) in [6.45, 7) is 4.07. The molecule has 0 amide bonds. The van der Waals surface area contributed by atoms with Crippen molar-refractivity contribution in [1.82, 2.24) is 15.0 Å². The van der Waals surface area contributed by atoms with Gasteiger partial charge in [0.05, 0.1) is 24.7 Å². The number of hydrogen-bond acceptors (Lipinski definition) is 4. The molecule has 2 aromatic carbocycles. The lowest BCUT2D eigenvalue weighted by Gasteiger charge is -2.12. The summed E-state index contributed by atoms with van der Waals surface area (Å²) in [6, 6.07) is 11.0. The molecule has 1 heterocycles. The van der Waals surface area contributed by atoms with E-state index in [2.05, 4.69) is 16.4 Å². The van der Waals surface area contributed by atoms with Gasteiger partial charge in [-0.2, -0.15) is 0 Å². The zero-order valence-corrected chi connectivity index (χ0v) is 12.7. The van der Waals surface area contributed by atoms with Crippen molar-refractivity contribution in [2.75, 3.05) is 7.11 Å². The van der Waals surface area contributed by atoms with Crippen molar-refractivity contribution in [2.24, 2.45) is 0 Å². The minimum Gasteiger partial charge on any atom is -0.508 e. The predicted molar refractivity (Wildman–Crippen MR) is 84.5 cm³/mol. The van der Waals surface area contributed by atoms with Crippen LogP contribution in [0.1, 0.15) is 11.1 Å². The molecule has 0 radical (unpaired) electrons. The Morgan fingerprint density at radius 1 is 1.09 bits per heavy atom. The Hall–Kier alpha value is -2.82. The van der Waals surface area contributed by atoms with Crippen molar-refractivity contribution in [2.45, 2.75) is 13.8 Å². The van der Waals surface area contributed by atoms with Crippen LogP contribution in [-0.2, 0) is 0 Å². The summed E-state index contributed by atoms with van der Waals surface area (Å²) in [7, 11) is 1.66. The van der Waals surface area contributed by atoms with E-state index < -0.39 is 0 Å². The fourth-order valence-electron chi connectivity index (χ4n) is 2.40. The molecule has 3 rings (SSSR count). The molecule has 0 aliphatic heterocycles. The topological polar surface area (TPSA) is 60.2 Å². The van der Waals surface area contributed by atoms with E-state index in [1.165, 1.54) is 0 Å². The summed E-state index contributed by atoms with van der Waals surface area (Å²) in [5, 5.41) is 17.6. The fourth-order valence-corrected chi connectivity index (χ4v) is 2.40. The van der Waals surface area contributed by atoms with Crippen LogP contribution in [-0.4, -0.2) is 27.2 Å². The summed E-state index contributed by atoms with van der Waals surface area (Å²) in [5.41, 5.74) is 4.91. The molecule has 22 heavy (non-hydrogen) atoms. The number of benzene rings is 2.